The standard InChI is InChI=1S/C40H38O18/c1-52-27-6-15(7-28(53-2)32(27)48)37-39(58-40-35(51)34(50)33(49)29(13-41)56-40)18-11-26(54-24-8-16(42)9-25(55-37)30(18)24)31-22(46)12-20(44)17-10-23(47)36(57-38(17)31)14-3-4-19(43)21(45)5-14/h3-9,11-12,23,26,29,33-36,40-51H,10,13H2,1-2H3/t23-,26?,29-,33-,34+,35-,36-,40+/m1/s1. The van der Waals surface area contributed by atoms with Gasteiger partial charge in [0.25, 0.3) is 0 Å². The van der Waals surface area contributed by atoms with Crippen LogP contribution in [-0.4, -0.2) is 114 Å². The molecule has 4 aromatic rings. The first-order valence-electron chi connectivity index (χ1n) is 17.8. The lowest BCUT2D eigenvalue weighted by atomic mass is 9.88. The van der Waals surface area contributed by atoms with Crippen molar-refractivity contribution >= 4 is 11.3 Å². The van der Waals surface area contributed by atoms with Gasteiger partial charge in [-0.1, -0.05) is 6.07 Å². The molecule has 4 aliphatic heterocycles. The number of fused-ring (bicyclic) bond motifs is 1. The van der Waals surface area contributed by atoms with Gasteiger partial charge in [0.15, 0.2) is 40.6 Å². The van der Waals surface area contributed by atoms with Crippen molar-refractivity contribution in [2.24, 2.45) is 0 Å². The van der Waals surface area contributed by atoms with Crippen molar-refractivity contribution in [1.29, 1.82) is 0 Å². The third-order valence-electron chi connectivity index (χ3n) is 10.4. The highest BCUT2D eigenvalue weighted by atomic mass is 16.7. The van der Waals surface area contributed by atoms with Crippen LogP contribution < -0.4 is 23.7 Å². The zero-order valence-electron chi connectivity index (χ0n) is 30.5. The molecule has 306 valence electrons. The first-order chi connectivity index (χ1) is 27.7. The number of ether oxygens (including phenoxy) is 7. The third-order valence-corrected chi connectivity index (χ3v) is 10.4. The molecule has 58 heavy (non-hydrogen) atoms. The predicted molar refractivity (Wildman–Crippen MR) is 196 cm³/mol. The number of hydrogen-bond donors (Lipinski definition) is 11. The molecule has 1 fully saturated rings. The molecule has 0 amide bonds. The van der Waals surface area contributed by atoms with Crippen LogP contribution in [0.25, 0.3) is 11.3 Å². The van der Waals surface area contributed by atoms with Crippen LogP contribution in [0.1, 0.15) is 40.0 Å². The van der Waals surface area contributed by atoms with Gasteiger partial charge in [0.05, 0.1) is 38.1 Å². The van der Waals surface area contributed by atoms with Gasteiger partial charge in [0.2, 0.25) is 12.0 Å². The van der Waals surface area contributed by atoms with Crippen molar-refractivity contribution in [3.8, 4) is 63.2 Å². The van der Waals surface area contributed by atoms with Crippen molar-refractivity contribution in [2.75, 3.05) is 20.8 Å². The van der Waals surface area contributed by atoms with E-state index in [0.29, 0.717) is 0 Å². The van der Waals surface area contributed by atoms with Crippen molar-refractivity contribution in [2.45, 2.75) is 55.4 Å². The highest BCUT2D eigenvalue weighted by molar-refractivity contribution is 5.95. The van der Waals surface area contributed by atoms with Crippen LogP contribution in [0.3, 0.4) is 0 Å². The summed E-state index contributed by atoms with van der Waals surface area (Å²) >= 11 is 0. The van der Waals surface area contributed by atoms with Crippen LogP contribution in [0.2, 0.25) is 0 Å². The summed E-state index contributed by atoms with van der Waals surface area (Å²) in [5.41, 5.74) is 0.737. The number of allylic oxidation sites excluding steroid dienone is 1. The van der Waals surface area contributed by atoms with Crippen LogP contribution in [0.5, 0.6) is 63.2 Å². The maximum absolute atomic E-state index is 11.5. The Balaban J connectivity index is 1.34. The molecular formula is C40H38O18. The van der Waals surface area contributed by atoms with E-state index < -0.39 is 78.6 Å². The number of aromatic hydroxyl groups is 6. The number of methoxy groups -OCH3 is 2. The summed E-state index contributed by atoms with van der Waals surface area (Å²) in [5, 5.41) is 118. The molecule has 18 nitrogen and oxygen atoms in total. The molecular weight excluding hydrogens is 768 g/mol. The molecule has 1 saturated heterocycles. The normalized spacial score (nSPS) is 25.9. The highest BCUT2D eigenvalue weighted by Gasteiger charge is 2.47. The molecule has 4 aliphatic rings. The van der Waals surface area contributed by atoms with Crippen LogP contribution >= 0.6 is 0 Å². The van der Waals surface area contributed by atoms with Crippen molar-refractivity contribution < 1.29 is 89.3 Å². The van der Waals surface area contributed by atoms with Crippen molar-refractivity contribution in [3.05, 3.63) is 88.2 Å². The van der Waals surface area contributed by atoms with E-state index >= 15 is 0 Å². The fraction of sp³-hybridized carbons (Fsp3) is 0.300. The monoisotopic (exact) mass is 806 g/mol. The first kappa shape index (κ1) is 38.6. The second kappa shape index (κ2) is 14.6. The Labute approximate surface area is 328 Å². The second-order valence-corrected chi connectivity index (χ2v) is 13.9. The Morgan fingerprint density at radius 1 is 0.741 bits per heavy atom. The second-order valence-electron chi connectivity index (χ2n) is 13.9. The number of aliphatic hydroxyl groups excluding tert-OH is 5. The summed E-state index contributed by atoms with van der Waals surface area (Å²) in [4.78, 5) is 0. The quantitative estimate of drug-likeness (QED) is 0.114. The van der Waals surface area contributed by atoms with Gasteiger partial charge in [0, 0.05) is 41.3 Å². The van der Waals surface area contributed by atoms with E-state index in [1.54, 1.807) is 0 Å². The summed E-state index contributed by atoms with van der Waals surface area (Å²) in [6.45, 7) is -0.769. The van der Waals surface area contributed by atoms with Crippen molar-refractivity contribution in [1.82, 2.24) is 0 Å². The summed E-state index contributed by atoms with van der Waals surface area (Å²) < 4.78 is 41.8. The minimum atomic E-state index is -1.89. The average Bonchev–Trinajstić information content (AvgIpc) is 3.19. The lowest BCUT2D eigenvalue weighted by Gasteiger charge is -2.41. The third kappa shape index (κ3) is 6.31. The fourth-order valence-electron chi connectivity index (χ4n) is 7.47. The molecule has 4 aromatic carbocycles. The highest BCUT2D eigenvalue weighted by Crippen LogP contribution is 2.56. The Kier molecular flexibility index (Phi) is 9.70. The molecule has 4 heterocycles. The zero-order chi connectivity index (χ0) is 41.3. The topological polar surface area (TPSA) is 287 Å². The summed E-state index contributed by atoms with van der Waals surface area (Å²) in [6.07, 6.45) is -11.1. The van der Waals surface area contributed by atoms with Crippen LogP contribution in [0.4, 0.5) is 0 Å². The Bertz CT molecular complexity index is 2330. The van der Waals surface area contributed by atoms with Gasteiger partial charge in [-0.25, -0.2) is 0 Å². The SMILES string of the molecule is COc1cc(C2=C(O[C@@H]3O[C@H](CO)[C@@H](O)[C@H](O)[C@H]3O)C3=CC(c4c(O)cc(O)c5c4O[C@H](c4ccc(O)c(O)c4)[C@H](O)C5)Oc4cc(O)cc(c43)O2)cc(OC)c1O. The fourth-order valence-corrected chi connectivity index (χ4v) is 7.47. The number of hydrogen-bond acceptors (Lipinski definition) is 18. The number of rotatable bonds is 8. The van der Waals surface area contributed by atoms with Gasteiger partial charge < -0.3 is 89.3 Å². The summed E-state index contributed by atoms with van der Waals surface area (Å²) in [7, 11) is 2.59. The number of benzene rings is 4. The van der Waals surface area contributed by atoms with E-state index in [9.17, 15) is 56.2 Å². The van der Waals surface area contributed by atoms with Gasteiger partial charge >= 0.3 is 0 Å². The molecule has 0 spiro atoms. The number of aliphatic hydroxyl groups is 5. The molecule has 0 aromatic heterocycles. The molecule has 11 N–H and O–H groups in total. The zero-order valence-corrected chi connectivity index (χ0v) is 30.5. The Morgan fingerprint density at radius 3 is 2.12 bits per heavy atom. The van der Waals surface area contributed by atoms with E-state index in [2.05, 4.69) is 0 Å². The largest absolute Gasteiger partial charge is 0.508 e. The molecule has 18 heteroatoms. The average molecular weight is 807 g/mol. The van der Waals surface area contributed by atoms with Crippen LogP contribution in [0.15, 0.2) is 60.4 Å². The first-order valence-corrected chi connectivity index (χ1v) is 17.8. The molecule has 0 radical (unpaired) electrons. The smallest absolute Gasteiger partial charge is 0.229 e. The van der Waals surface area contributed by atoms with Gasteiger partial charge in [0.1, 0.15) is 65.0 Å². The lowest BCUT2D eigenvalue weighted by molar-refractivity contribution is -0.290. The van der Waals surface area contributed by atoms with E-state index in [1.165, 1.54) is 62.8 Å². The number of phenols is 6. The lowest BCUT2D eigenvalue weighted by Crippen LogP contribution is -2.59. The van der Waals surface area contributed by atoms with Gasteiger partial charge in [-0.05, 0) is 35.9 Å². The van der Waals surface area contributed by atoms with E-state index in [1.807, 2.05) is 0 Å². The van der Waals surface area contributed by atoms with E-state index in [0.717, 1.165) is 6.07 Å². The molecule has 0 bridgehead atoms. The molecule has 8 atom stereocenters. The Morgan fingerprint density at radius 2 is 1.45 bits per heavy atom. The molecule has 0 aliphatic carbocycles. The van der Waals surface area contributed by atoms with E-state index in [4.69, 9.17) is 33.2 Å². The minimum absolute atomic E-state index is 0.0189. The number of phenolic OH excluding ortho intramolecular Hbond substituents is 6. The van der Waals surface area contributed by atoms with Crippen LogP contribution in [0, 0.1) is 0 Å². The maximum Gasteiger partial charge on any atom is 0.229 e. The van der Waals surface area contributed by atoms with Gasteiger partial charge in [-0.3, -0.25) is 0 Å². The molecule has 0 saturated carbocycles. The van der Waals surface area contributed by atoms with Gasteiger partial charge in [-0.2, -0.15) is 0 Å². The summed E-state index contributed by atoms with van der Waals surface area (Å²) in [5.74, 6) is -3.10. The summed E-state index contributed by atoms with van der Waals surface area (Å²) in [6, 6.07) is 10.1. The Hall–Kier alpha value is -6.28. The maximum atomic E-state index is 11.5. The van der Waals surface area contributed by atoms with Gasteiger partial charge in [-0.15, -0.1) is 0 Å². The van der Waals surface area contributed by atoms with Crippen molar-refractivity contribution in [3.63, 3.8) is 0 Å². The molecule has 8 rings (SSSR count). The van der Waals surface area contributed by atoms with Crippen LogP contribution in [-0.2, 0) is 15.9 Å². The minimum Gasteiger partial charge on any atom is -0.508 e. The predicted octanol–water partition coefficient (Wildman–Crippen LogP) is 2.07. The molecule has 1 unspecified atom stereocenters. The van der Waals surface area contributed by atoms with E-state index in [-0.39, 0.29) is 91.6 Å².